The first-order valence-corrected chi connectivity index (χ1v) is 9.16. The van der Waals surface area contributed by atoms with Crippen molar-refractivity contribution in [3.8, 4) is 11.5 Å². The molecule has 0 saturated heterocycles. The van der Waals surface area contributed by atoms with Gasteiger partial charge in [-0.05, 0) is 25.1 Å². The number of fused-ring (bicyclic) bond motifs is 1. The molecule has 0 aliphatic heterocycles. The fourth-order valence-corrected chi connectivity index (χ4v) is 3.41. The zero-order chi connectivity index (χ0) is 19.0. The second-order valence-corrected chi connectivity index (χ2v) is 7.09. The number of hydrogen-bond acceptors (Lipinski definition) is 6. The molecule has 0 unspecified atom stereocenters. The van der Waals surface area contributed by atoms with Crippen LogP contribution < -0.4 is 10.9 Å². The van der Waals surface area contributed by atoms with Gasteiger partial charge in [0.15, 0.2) is 11.5 Å². The van der Waals surface area contributed by atoms with Gasteiger partial charge in [-0.3, -0.25) is 9.59 Å². The van der Waals surface area contributed by atoms with Gasteiger partial charge in [-0.2, -0.15) is 5.10 Å². The van der Waals surface area contributed by atoms with Crippen molar-refractivity contribution in [1.29, 1.82) is 0 Å². The molecule has 3 heterocycles. The van der Waals surface area contributed by atoms with Gasteiger partial charge in [-0.25, -0.2) is 9.67 Å². The predicted molar refractivity (Wildman–Crippen MR) is 103 cm³/mol. The molecular formula is C19H16N4O3S. The van der Waals surface area contributed by atoms with Crippen LogP contribution in [0.3, 0.4) is 0 Å². The molecule has 1 N–H and O–H groups in total. The van der Waals surface area contributed by atoms with E-state index < -0.39 is 0 Å². The van der Waals surface area contributed by atoms with Crippen LogP contribution in [0.1, 0.15) is 21.3 Å². The van der Waals surface area contributed by atoms with Crippen molar-refractivity contribution in [3.63, 3.8) is 0 Å². The van der Waals surface area contributed by atoms with E-state index in [4.69, 9.17) is 4.42 Å². The third kappa shape index (κ3) is 3.26. The fraction of sp³-hybridized carbons (Fsp3) is 0.158. The Bertz CT molecular complexity index is 1210. The molecule has 0 aliphatic carbocycles. The number of benzene rings is 1. The first kappa shape index (κ1) is 17.2. The highest BCUT2D eigenvalue weighted by Gasteiger charge is 2.16. The topological polar surface area (TPSA) is 90.0 Å². The van der Waals surface area contributed by atoms with E-state index in [1.165, 1.54) is 11.7 Å². The molecule has 0 radical (unpaired) electrons. The SMILES string of the molecule is Cc1nc(-c2ccc(CNC(=O)c3nn(C)c(=O)c4ccccc34)o2)cs1. The van der Waals surface area contributed by atoms with Gasteiger partial charge in [0.05, 0.1) is 16.9 Å². The van der Waals surface area contributed by atoms with Crippen molar-refractivity contribution in [2.24, 2.45) is 7.05 Å². The molecule has 3 aromatic heterocycles. The Balaban J connectivity index is 1.55. The first-order valence-electron chi connectivity index (χ1n) is 8.28. The third-order valence-electron chi connectivity index (χ3n) is 4.13. The molecule has 136 valence electrons. The van der Waals surface area contributed by atoms with Crippen LogP contribution in [0, 0.1) is 6.92 Å². The normalized spacial score (nSPS) is 11.0. The summed E-state index contributed by atoms with van der Waals surface area (Å²) in [4.78, 5) is 29.2. The summed E-state index contributed by atoms with van der Waals surface area (Å²) >= 11 is 1.55. The number of nitrogens with one attached hydrogen (secondary N) is 1. The van der Waals surface area contributed by atoms with Crippen molar-refractivity contribution in [2.45, 2.75) is 13.5 Å². The number of furan rings is 1. The molecule has 0 bridgehead atoms. The number of nitrogens with zero attached hydrogens (tertiary/aromatic N) is 3. The van der Waals surface area contributed by atoms with Crippen LogP contribution in [-0.2, 0) is 13.6 Å². The molecule has 1 amide bonds. The van der Waals surface area contributed by atoms with Crippen LogP contribution in [-0.4, -0.2) is 20.7 Å². The van der Waals surface area contributed by atoms with Gasteiger partial charge in [0.1, 0.15) is 11.5 Å². The molecule has 27 heavy (non-hydrogen) atoms. The largest absolute Gasteiger partial charge is 0.458 e. The summed E-state index contributed by atoms with van der Waals surface area (Å²) in [5.74, 6) is 0.900. The fourth-order valence-electron chi connectivity index (χ4n) is 2.81. The quantitative estimate of drug-likeness (QED) is 0.588. The standard InChI is InChI=1S/C19H16N4O3S/c1-11-21-15(10-27-11)16-8-7-12(26-16)9-20-18(24)17-13-5-3-4-6-14(13)19(25)23(2)22-17/h3-8,10H,9H2,1-2H3,(H,20,24). The van der Waals surface area contributed by atoms with E-state index in [0.717, 1.165) is 10.7 Å². The minimum Gasteiger partial charge on any atom is -0.458 e. The highest BCUT2D eigenvalue weighted by atomic mass is 32.1. The van der Waals surface area contributed by atoms with Crippen LogP contribution in [0.4, 0.5) is 0 Å². The van der Waals surface area contributed by atoms with E-state index in [-0.39, 0.29) is 23.7 Å². The molecule has 4 aromatic rings. The molecule has 0 aliphatic rings. The van der Waals surface area contributed by atoms with E-state index in [9.17, 15) is 9.59 Å². The van der Waals surface area contributed by atoms with Crippen molar-refractivity contribution in [3.05, 3.63) is 68.6 Å². The van der Waals surface area contributed by atoms with Crippen LogP contribution in [0.15, 0.2) is 51.0 Å². The van der Waals surface area contributed by atoms with E-state index in [0.29, 0.717) is 22.3 Å². The number of aryl methyl sites for hydroxylation is 2. The Morgan fingerprint density at radius 3 is 2.74 bits per heavy atom. The van der Waals surface area contributed by atoms with Gasteiger partial charge in [0, 0.05) is 17.8 Å². The van der Waals surface area contributed by atoms with Crippen LogP contribution >= 0.6 is 11.3 Å². The molecule has 7 nitrogen and oxygen atoms in total. The van der Waals surface area contributed by atoms with Crippen molar-refractivity contribution < 1.29 is 9.21 Å². The number of amides is 1. The van der Waals surface area contributed by atoms with E-state index >= 15 is 0 Å². The molecule has 4 rings (SSSR count). The van der Waals surface area contributed by atoms with Crippen molar-refractivity contribution in [2.75, 3.05) is 0 Å². The van der Waals surface area contributed by atoms with Crippen LogP contribution in [0.2, 0.25) is 0 Å². The zero-order valence-corrected chi connectivity index (χ0v) is 15.5. The highest BCUT2D eigenvalue weighted by Crippen LogP contribution is 2.23. The number of thiazole rings is 1. The molecule has 1 aromatic carbocycles. The maximum atomic E-state index is 12.6. The number of carbonyl (C=O) groups is 1. The smallest absolute Gasteiger partial charge is 0.274 e. The van der Waals surface area contributed by atoms with Crippen molar-refractivity contribution >= 4 is 28.0 Å². The Hall–Kier alpha value is -3.26. The van der Waals surface area contributed by atoms with Gasteiger partial charge in [-0.15, -0.1) is 11.3 Å². The van der Waals surface area contributed by atoms with E-state index in [1.54, 1.807) is 41.7 Å². The maximum absolute atomic E-state index is 12.6. The predicted octanol–water partition coefficient (Wildman–Crippen LogP) is 2.89. The van der Waals surface area contributed by atoms with Gasteiger partial charge >= 0.3 is 0 Å². The Labute approximate surface area is 158 Å². The molecule has 0 atom stereocenters. The maximum Gasteiger partial charge on any atom is 0.274 e. The minimum atomic E-state index is -0.371. The molecule has 0 spiro atoms. The monoisotopic (exact) mass is 380 g/mol. The lowest BCUT2D eigenvalue weighted by molar-refractivity contribution is 0.0943. The summed E-state index contributed by atoms with van der Waals surface area (Å²) in [7, 11) is 1.53. The number of carbonyl (C=O) groups excluding carboxylic acids is 1. The average molecular weight is 380 g/mol. The summed E-state index contributed by atoms with van der Waals surface area (Å²) < 4.78 is 6.93. The summed E-state index contributed by atoms with van der Waals surface area (Å²) in [5, 5.41) is 10.8. The van der Waals surface area contributed by atoms with Gasteiger partial charge in [0.25, 0.3) is 11.5 Å². The Morgan fingerprint density at radius 1 is 1.22 bits per heavy atom. The van der Waals surface area contributed by atoms with Gasteiger partial charge in [-0.1, -0.05) is 18.2 Å². The first-order chi connectivity index (χ1) is 13.0. The molecule has 0 fully saturated rings. The third-order valence-corrected chi connectivity index (χ3v) is 4.90. The molecule has 0 saturated carbocycles. The molecular weight excluding hydrogens is 364 g/mol. The lowest BCUT2D eigenvalue weighted by atomic mass is 10.1. The lowest BCUT2D eigenvalue weighted by Crippen LogP contribution is -2.29. The van der Waals surface area contributed by atoms with E-state index in [2.05, 4.69) is 15.4 Å². The lowest BCUT2D eigenvalue weighted by Gasteiger charge is -2.08. The Morgan fingerprint density at radius 2 is 2.00 bits per heavy atom. The Kier molecular flexibility index (Phi) is 4.33. The molecule has 8 heteroatoms. The van der Waals surface area contributed by atoms with Gasteiger partial charge in [0.2, 0.25) is 0 Å². The number of hydrogen-bond donors (Lipinski definition) is 1. The summed E-state index contributed by atoms with van der Waals surface area (Å²) in [6, 6.07) is 10.6. The second kappa shape index (κ2) is 6.81. The van der Waals surface area contributed by atoms with E-state index in [1.807, 2.05) is 18.4 Å². The summed E-state index contributed by atoms with van der Waals surface area (Å²) in [6.07, 6.45) is 0. The number of rotatable bonds is 4. The van der Waals surface area contributed by atoms with Gasteiger partial charge < -0.3 is 9.73 Å². The van der Waals surface area contributed by atoms with Crippen LogP contribution in [0.5, 0.6) is 0 Å². The second-order valence-electron chi connectivity index (χ2n) is 6.02. The zero-order valence-electron chi connectivity index (χ0n) is 14.7. The summed E-state index contributed by atoms with van der Waals surface area (Å²) in [6.45, 7) is 2.14. The number of aromatic nitrogens is 3. The van der Waals surface area contributed by atoms with Crippen molar-refractivity contribution in [1.82, 2.24) is 20.1 Å². The average Bonchev–Trinajstić information content (AvgIpc) is 3.31. The highest BCUT2D eigenvalue weighted by molar-refractivity contribution is 7.09. The summed E-state index contributed by atoms with van der Waals surface area (Å²) in [5.41, 5.74) is 0.742. The minimum absolute atomic E-state index is 0.203. The van der Waals surface area contributed by atoms with Crippen LogP contribution in [0.25, 0.3) is 22.2 Å².